The molecule has 0 unspecified atom stereocenters. The van der Waals surface area contributed by atoms with Crippen LogP contribution < -0.4 is 0 Å². The molecule has 0 bridgehead atoms. The molecule has 0 aliphatic carbocycles. The highest BCUT2D eigenvalue weighted by molar-refractivity contribution is 8.13. The fourth-order valence-corrected chi connectivity index (χ4v) is 2.77. The summed E-state index contributed by atoms with van der Waals surface area (Å²) in [6, 6.07) is 0. The molecule has 1 heterocycles. The number of carbonyl (C=O) groups excluding carboxylic acids is 1. The van der Waals surface area contributed by atoms with Gasteiger partial charge in [0, 0.05) is 17.3 Å². The Balaban J connectivity index is 2.61. The SMILES string of the molecule is Cc1[nH]nc(C(=O)OCCOCC(C)C)c1S(=O)(=O)Cl. The van der Waals surface area contributed by atoms with E-state index in [9.17, 15) is 13.2 Å². The fraction of sp³-hybridized carbons (Fsp3) is 0.636. The van der Waals surface area contributed by atoms with Crippen molar-refractivity contribution >= 4 is 25.7 Å². The molecule has 7 nitrogen and oxygen atoms in total. The molecular weight excluding hydrogens is 308 g/mol. The molecule has 0 aromatic carbocycles. The minimum atomic E-state index is -4.07. The van der Waals surface area contributed by atoms with Gasteiger partial charge in [-0.05, 0) is 12.8 Å². The van der Waals surface area contributed by atoms with Gasteiger partial charge in [-0.3, -0.25) is 5.10 Å². The number of hydrogen-bond donors (Lipinski definition) is 1. The van der Waals surface area contributed by atoms with Crippen LogP contribution in [0.2, 0.25) is 0 Å². The average Bonchev–Trinajstić information content (AvgIpc) is 2.69. The standard InChI is InChI=1S/C11H17ClN2O5S/c1-7(2)6-18-4-5-19-11(15)9-10(20(12,16)17)8(3)13-14-9/h7H,4-6H2,1-3H3,(H,13,14). The highest BCUT2D eigenvalue weighted by atomic mass is 35.7. The van der Waals surface area contributed by atoms with Crippen LogP contribution in [0, 0.1) is 12.8 Å². The molecule has 1 N–H and O–H groups in total. The lowest BCUT2D eigenvalue weighted by atomic mass is 10.2. The molecule has 0 aliphatic heterocycles. The molecule has 20 heavy (non-hydrogen) atoms. The van der Waals surface area contributed by atoms with E-state index >= 15 is 0 Å². The van der Waals surface area contributed by atoms with E-state index in [0.717, 1.165) is 0 Å². The number of nitrogens with one attached hydrogen (secondary N) is 1. The van der Waals surface area contributed by atoms with Crippen LogP contribution in [0.5, 0.6) is 0 Å². The molecule has 0 saturated carbocycles. The average molecular weight is 325 g/mol. The van der Waals surface area contributed by atoms with Crippen molar-refractivity contribution in [3.63, 3.8) is 0 Å². The van der Waals surface area contributed by atoms with Crippen LogP contribution in [0.4, 0.5) is 0 Å². The molecule has 0 aliphatic rings. The van der Waals surface area contributed by atoms with Crippen LogP contribution in [0.25, 0.3) is 0 Å². The van der Waals surface area contributed by atoms with Crippen LogP contribution in [0.3, 0.4) is 0 Å². The Morgan fingerprint density at radius 1 is 1.40 bits per heavy atom. The first kappa shape index (κ1) is 16.9. The van der Waals surface area contributed by atoms with Gasteiger partial charge in [-0.15, -0.1) is 0 Å². The molecule has 1 aromatic rings. The summed E-state index contributed by atoms with van der Waals surface area (Å²) in [5.41, 5.74) is -0.163. The van der Waals surface area contributed by atoms with Crippen LogP contribution in [-0.4, -0.2) is 44.4 Å². The third kappa shape index (κ3) is 4.77. The Labute approximate surface area is 122 Å². The number of aromatic amines is 1. The number of esters is 1. The number of aromatic nitrogens is 2. The van der Waals surface area contributed by atoms with Crippen molar-refractivity contribution < 1.29 is 22.7 Å². The molecule has 0 atom stereocenters. The van der Waals surface area contributed by atoms with E-state index in [1.165, 1.54) is 6.92 Å². The number of aryl methyl sites for hydroxylation is 1. The Morgan fingerprint density at radius 3 is 2.60 bits per heavy atom. The van der Waals surface area contributed by atoms with E-state index < -0.39 is 15.0 Å². The first-order valence-electron chi connectivity index (χ1n) is 5.98. The van der Waals surface area contributed by atoms with Gasteiger partial charge in [-0.2, -0.15) is 5.10 Å². The van der Waals surface area contributed by atoms with E-state index in [1.54, 1.807) is 0 Å². The molecular formula is C11H17ClN2O5S. The molecule has 0 radical (unpaired) electrons. The van der Waals surface area contributed by atoms with Gasteiger partial charge in [0.1, 0.15) is 11.5 Å². The van der Waals surface area contributed by atoms with Gasteiger partial charge < -0.3 is 9.47 Å². The van der Waals surface area contributed by atoms with Crippen molar-refractivity contribution in [3.8, 4) is 0 Å². The van der Waals surface area contributed by atoms with Gasteiger partial charge >= 0.3 is 5.97 Å². The second kappa shape index (κ2) is 7.05. The maximum Gasteiger partial charge on any atom is 0.360 e. The van der Waals surface area contributed by atoms with Crippen molar-refractivity contribution in [2.24, 2.45) is 5.92 Å². The van der Waals surface area contributed by atoms with Gasteiger partial charge in [-0.1, -0.05) is 13.8 Å². The van der Waals surface area contributed by atoms with Gasteiger partial charge in [0.25, 0.3) is 9.05 Å². The summed E-state index contributed by atoms with van der Waals surface area (Å²) in [5, 5.41) is 6.00. The van der Waals surface area contributed by atoms with Crippen molar-refractivity contribution in [2.45, 2.75) is 25.7 Å². The maximum absolute atomic E-state index is 11.7. The number of H-pyrrole nitrogens is 1. The Morgan fingerprint density at radius 2 is 2.05 bits per heavy atom. The monoisotopic (exact) mass is 324 g/mol. The molecule has 9 heteroatoms. The zero-order valence-corrected chi connectivity index (χ0v) is 13.0. The lowest BCUT2D eigenvalue weighted by Gasteiger charge is -2.07. The summed E-state index contributed by atoms with van der Waals surface area (Å²) in [4.78, 5) is 11.4. The van der Waals surface area contributed by atoms with E-state index in [0.29, 0.717) is 12.5 Å². The Hall–Kier alpha value is -1.12. The van der Waals surface area contributed by atoms with Gasteiger partial charge in [0.05, 0.1) is 12.3 Å². The van der Waals surface area contributed by atoms with E-state index in [2.05, 4.69) is 10.2 Å². The minimum Gasteiger partial charge on any atom is -0.458 e. The molecule has 114 valence electrons. The highest BCUT2D eigenvalue weighted by Gasteiger charge is 2.27. The lowest BCUT2D eigenvalue weighted by molar-refractivity contribution is 0.0269. The Bertz CT molecular complexity index is 567. The first-order chi connectivity index (χ1) is 9.23. The molecule has 0 fully saturated rings. The fourth-order valence-electron chi connectivity index (χ4n) is 1.44. The highest BCUT2D eigenvalue weighted by Crippen LogP contribution is 2.22. The van der Waals surface area contributed by atoms with Crippen molar-refractivity contribution in [2.75, 3.05) is 19.8 Å². The van der Waals surface area contributed by atoms with Crippen LogP contribution in [-0.2, 0) is 18.5 Å². The van der Waals surface area contributed by atoms with E-state index in [1.807, 2.05) is 13.8 Å². The van der Waals surface area contributed by atoms with Gasteiger partial charge in [0.2, 0.25) is 0 Å². The summed E-state index contributed by atoms with van der Waals surface area (Å²) in [6.07, 6.45) is 0. The number of nitrogens with zero attached hydrogens (tertiary/aromatic N) is 1. The van der Waals surface area contributed by atoms with Crippen molar-refractivity contribution in [3.05, 3.63) is 11.4 Å². The molecule has 0 spiro atoms. The van der Waals surface area contributed by atoms with Crippen LogP contribution in [0.15, 0.2) is 4.90 Å². The molecule has 0 amide bonds. The summed E-state index contributed by atoms with van der Waals surface area (Å²) >= 11 is 0. The number of halogens is 1. The van der Waals surface area contributed by atoms with Gasteiger partial charge in [-0.25, -0.2) is 13.2 Å². The minimum absolute atomic E-state index is 0.0131. The topological polar surface area (TPSA) is 98.3 Å². The Kier molecular flexibility index (Phi) is 5.97. The third-order valence-electron chi connectivity index (χ3n) is 2.24. The second-order valence-electron chi connectivity index (χ2n) is 4.57. The number of ether oxygens (including phenoxy) is 2. The van der Waals surface area contributed by atoms with Crippen molar-refractivity contribution in [1.82, 2.24) is 10.2 Å². The third-order valence-corrected chi connectivity index (χ3v) is 3.69. The summed E-state index contributed by atoms with van der Waals surface area (Å²) in [7, 11) is 1.19. The smallest absolute Gasteiger partial charge is 0.360 e. The number of rotatable bonds is 7. The van der Waals surface area contributed by atoms with Crippen molar-refractivity contribution in [1.29, 1.82) is 0 Å². The number of carbonyl (C=O) groups is 1. The van der Waals surface area contributed by atoms with E-state index in [4.69, 9.17) is 20.2 Å². The first-order valence-corrected chi connectivity index (χ1v) is 8.29. The molecule has 1 rings (SSSR count). The maximum atomic E-state index is 11.7. The van der Waals surface area contributed by atoms with Gasteiger partial charge in [0.15, 0.2) is 5.69 Å². The summed E-state index contributed by atoms with van der Waals surface area (Å²) in [6.45, 7) is 6.24. The number of hydrogen-bond acceptors (Lipinski definition) is 6. The normalized spacial score (nSPS) is 11.8. The zero-order valence-electron chi connectivity index (χ0n) is 11.5. The zero-order chi connectivity index (χ0) is 15.3. The summed E-state index contributed by atoms with van der Waals surface area (Å²) < 4.78 is 32.9. The van der Waals surface area contributed by atoms with Crippen LogP contribution >= 0.6 is 10.7 Å². The lowest BCUT2D eigenvalue weighted by Crippen LogP contribution is -2.14. The summed E-state index contributed by atoms with van der Waals surface area (Å²) in [5.74, 6) is -0.477. The largest absolute Gasteiger partial charge is 0.458 e. The van der Waals surface area contributed by atoms with Crippen LogP contribution in [0.1, 0.15) is 30.0 Å². The predicted octanol–water partition coefficient (Wildman–Crippen LogP) is 1.48. The molecule has 1 aromatic heterocycles. The second-order valence-corrected chi connectivity index (χ2v) is 7.07. The van der Waals surface area contributed by atoms with E-state index in [-0.39, 0.29) is 29.5 Å². The quantitative estimate of drug-likeness (QED) is 0.463. The predicted molar refractivity (Wildman–Crippen MR) is 72.3 cm³/mol. The molecule has 0 saturated heterocycles.